The highest BCUT2D eigenvalue weighted by Crippen LogP contribution is 2.14. The lowest BCUT2D eigenvalue weighted by molar-refractivity contribution is -0.131. The van der Waals surface area contributed by atoms with Gasteiger partial charge in [-0.3, -0.25) is 4.79 Å². The van der Waals surface area contributed by atoms with Crippen molar-refractivity contribution >= 4 is 5.91 Å². The van der Waals surface area contributed by atoms with E-state index in [4.69, 9.17) is 9.47 Å². The fourth-order valence-corrected chi connectivity index (χ4v) is 1.82. The van der Waals surface area contributed by atoms with Crippen LogP contribution < -0.4 is 5.32 Å². The smallest absolute Gasteiger partial charge is 0.292 e. The van der Waals surface area contributed by atoms with E-state index in [9.17, 15) is 4.79 Å². The molecule has 0 saturated carbocycles. The number of nitrogens with zero attached hydrogens (tertiary/aromatic N) is 1. The van der Waals surface area contributed by atoms with Crippen molar-refractivity contribution in [2.45, 2.75) is 12.5 Å². The molecule has 2 heterocycles. The molecule has 2 rings (SSSR count). The predicted molar refractivity (Wildman–Crippen MR) is 54.0 cm³/mol. The maximum atomic E-state index is 11.9. The van der Waals surface area contributed by atoms with Gasteiger partial charge in [-0.2, -0.15) is 0 Å². The summed E-state index contributed by atoms with van der Waals surface area (Å²) in [6, 6.07) is 0.402. The van der Waals surface area contributed by atoms with Crippen LogP contribution in [0, 0.1) is 0 Å². The summed E-state index contributed by atoms with van der Waals surface area (Å²) in [5.41, 5.74) is 0. The van der Waals surface area contributed by atoms with Crippen LogP contribution in [0.3, 0.4) is 0 Å². The normalized spacial score (nSPS) is 25.5. The van der Waals surface area contributed by atoms with Crippen LogP contribution in [-0.4, -0.2) is 50.2 Å². The van der Waals surface area contributed by atoms with Gasteiger partial charge in [-0.05, 0) is 13.5 Å². The Labute approximate surface area is 89.0 Å². The molecular weight excluding hydrogens is 196 g/mol. The second-order valence-electron chi connectivity index (χ2n) is 3.73. The van der Waals surface area contributed by atoms with Crippen molar-refractivity contribution in [3.05, 3.63) is 12.0 Å². The summed E-state index contributed by atoms with van der Waals surface area (Å²) in [4.78, 5) is 13.7. The number of likely N-dealkylation sites (N-methyl/N-ethyl adjacent to an activating group) is 1. The molecule has 15 heavy (non-hydrogen) atoms. The van der Waals surface area contributed by atoms with E-state index in [1.54, 1.807) is 4.90 Å². The summed E-state index contributed by atoms with van der Waals surface area (Å²) in [7, 11) is 1.91. The highest BCUT2D eigenvalue weighted by molar-refractivity contribution is 5.91. The topological polar surface area (TPSA) is 50.8 Å². The Morgan fingerprint density at radius 3 is 3.07 bits per heavy atom. The Morgan fingerprint density at radius 1 is 1.60 bits per heavy atom. The standard InChI is InChI=1S/C10H16N2O3/c1-11-8-2-3-12(6-8)10(13)9-7-14-4-5-15-9/h7-8,11H,2-6H2,1H3. The molecule has 84 valence electrons. The lowest BCUT2D eigenvalue weighted by Gasteiger charge is -2.20. The lowest BCUT2D eigenvalue weighted by Crippen LogP contribution is -2.35. The third kappa shape index (κ3) is 2.23. The highest BCUT2D eigenvalue weighted by Gasteiger charge is 2.28. The van der Waals surface area contributed by atoms with E-state index in [2.05, 4.69) is 5.32 Å². The van der Waals surface area contributed by atoms with Gasteiger partial charge in [-0.25, -0.2) is 0 Å². The van der Waals surface area contributed by atoms with Crippen molar-refractivity contribution in [3.63, 3.8) is 0 Å². The monoisotopic (exact) mass is 212 g/mol. The van der Waals surface area contributed by atoms with Gasteiger partial charge in [0.15, 0.2) is 0 Å². The van der Waals surface area contributed by atoms with Crippen LogP contribution in [0.5, 0.6) is 0 Å². The number of ether oxygens (including phenoxy) is 2. The molecule has 0 bridgehead atoms. The van der Waals surface area contributed by atoms with Gasteiger partial charge < -0.3 is 19.7 Å². The number of amides is 1. The second-order valence-corrected chi connectivity index (χ2v) is 3.73. The number of carbonyl (C=O) groups is 1. The zero-order valence-corrected chi connectivity index (χ0v) is 8.86. The minimum atomic E-state index is -0.0625. The molecule has 2 aliphatic rings. The van der Waals surface area contributed by atoms with Gasteiger partial charge in [0, 0.05) is 19.1 Å². The molecule has 1 saturated heterocycles. The minimum Gasteiger partial charge on any atom is -0.494 e. The quantitative estimate of drug-likeness (QED) is 0.682. The van der Waals surface area contributed by atoms with Crippen molar-refractivity contribution in [2.24, 2.45) is 0 Å². The molecule has 5 heteroatoms. The Bertz CT molecular complexity index is 278. The third-order valence-corrected chi connectivity index (χ3v) is 2.74. The second kappa shape index (κ2) is 4.53. The lowest BCUT2D eigenvalue weighted by atomic mass is 10.3. The fraction of sp³-hybridized carbons (Fsp3) is 0.700. The number of hydrogen-bond donors (Lipinski definition) is 1. The first-order valence-electron chi connectivity index (χ1n) is 5.22. The first-order chi connectivity index (χ1) is 7.31. The molecule has 0 radical (unpaired) electrons. The SMILES string of the molecule is CNC1CCN(C(=O)C2=COCCO2)C1. The number of carbonyl (C=O) groups excluding carboxylic acids is 1. The maximum Gasteiger partial charge on any atom is 0.292 e. The van der Waals surface area contributed by atoms with E-state index in [0.717, 1.165) is 19.5 Å². The molecule has 0 aromatic carbocycles. The molecule has 5 nitrogen and oxygen atoms in total. The molecule has 0 aromatic heterocycles. The van der Waals surface area contributed by atoms with Gasteiger partial charge in [0.2, 0.25) is 5.76 Å². The van der Waals surface area contributed by atoms with Crippen LogP contribution in [0.4, 0.5) is 0 Å². The summed E-state index contributed by atoms with van der Waals surface area (Å²) >= 11 is 0. The molecule has 1 fully saturated rings. The fourth-order valence-electron chi connectivity index (χ4n) is 1.82. The number of rotatable bonds is 2. The third-order valence-electron chi connectivity index (χ3n) is 2.74. The molecular formula is C10H16N2O3. The minimum absolute atomic E-state index is 0.0625. The molecule has 2 aliphatic heterocycles. The summed E-state index contributed by atoms with van der Waals surface area (Å²) < 4.78 is 10.3. The summed E-state index contributed by atoms with van der Waals surface area (Å²) in [6.07, 6.45) is 2.41. The zero-order valence-electron chi connectivity index (χ0n) is 8.86. The Hall–Kier alpha value is -1.23. The van der Waals surface area contributed by atoms with Gasteiger partial charge in [0.25, 0.3) is 5.91 Å². The number of likely N-dealkylation sites (tertiary alicyclic amines) is 1. The average Bonchev–Trinajstić information content (AvgIpc) is 2.78. The molecule has 1 amide bonds. The van der Waals surface area contributed by atoms with Crippen LogP contribution in [0.1, 0.15) is 6.42 Å². The van der Waals surface area contributed by atoms with Crippen molar-refractivity contribution in [2.75, 3.05) is 33.4 Å². The van der Waals surface area contributed by atoms with Crippen LogP contribution in [0.15, 0.2) is 12.0 Å². The van der Waals surface area contributed by atoms with E-state index in [1.807, 2.05) is 7.05 Å². The molecule has 1 atom stereocenters. The van der Waals surface area contributed by atoms with Gasteiger partial charge in [0.1, 0.15) is 19.5 Å². The van der Waals surface area contributed by atoms with E-state index in [-0.39, 0.29) is 5.91 Å². The van der Waals surface area contributed by atoms with Crippen LogP contribution >= 0.6 is 0 Å². The first kappa shape index (κ1) is 10.3. The van der Waals surface area contributed by atoms with Gasteiger partial charge in [-0.1, -0.05) is 0 Å². The number of nitrogens with one attached hydrogen (secondary N) is 1. The van der Waals surface area contributed by atoms with Crippen LogP contribution in [0.25, 0.3) is 0 Å². The maximum absolute atomic E-state index is 11.9. The highest BCUT2D eigenvalue weighted by atomic mass is 16.6. The first-order valence-corrected chi connectivity index (χ1v) is 5.22. The van der Waals surface area contributed by atoms with Crippen LogP contribution in [-0.2, 0) is 14.3 Å². The van der Waals surface area contributed by atoms with E-state index >= 15 is 0 Å². The molecule has 1 N–H and O–H groups in total. The van der Waals surface area contributed by atoms with Crippen molar-refractivity contribution in [1.82, 2.24) is 10.2 Å². The van der Waals surface area contributed by atoms with Crippen molar-refractivity contribution in [3.8, 4) is 0 Å². The Kier molecular flexibility index (Phi) is 3.11. The predicted octanol–water partition coefficient (Wildman–Crippen LogP) is -0.305. The Balaban J connectivity index is 1.93. The van der Waals surface area contributed by atoms with E-state index in [0.29, 0.717) is 25.0 Å². The largest absolute Gasteiger partial charge is 0.494 e. The Morgan fingerprint density at radius 2 is 2.47 bits per heavy atom. The van der Waals surface area contributed by atoms with Gasteiger partial charge >= 0.3 is 0 Å². The summed E-state index contributed by atoms with van der Waals surface area (Å²) in [6.45, 7) is 2.51. The number of hydrogen-bond acceptors (Lipinski definition) is 4. The molecule has 0 aliphatic carbocycles. The average molecular weight is 212 g/mol. The van der Waals surface area contributed by atoms with E-state index in [1.165, 1.54) is 6.26 Å². The zero-order chi connectivity index (χ0) is 10.7. The van der Waals surface area contributed by atoms with Crippen molar-refractivity contribution in [1.29, 1.82) is 0 Å². The van der Waals surface area contributed by atoms with Gasteiger partial charge in [-0.15, -0.1) is 0 Å². The van der Waals surface area contributed by atoms with E-state index < -0.39 is 0 Å². The van der Waals surface area contributed by atoms with Crippen molar-refractivity contribution < 1.29 is 14.3 Å². The molecule has 0 spiro atoms. The van der Waals surface area contributed by atoms with Crippen LogP contribution in [0.2, 0.25) is 0 Å². The molecule has 0 aromatic rings. The summed E-state index contributed by atoms with van der Waals surface area (Å²) in [5.74, 6) is 0.269. The van der Waals surface area contributed by atoms with Gasteiger partial charge in [0.05, 0.1) is 0 Å². The molecule has 1 unspecified atom stereocenters. The summed E-state index contributed by atoms with van der Waals surface area (Å²) in [5, 5.41) is 3.17.